The van der Waals surface area contributed by atoms with Gasteiger partial charge in [0.05, 0.1) is 29.6 Å². The summed E-state index contributed by atoms with van der Waals surface area (Å²) in [7, 11) is 0. The zero-order chi connectivity index (χ0) is 21.0. The summed E-state index contributed by atoms with van der Waals surface area (Å²) in [6, 6.07) is 0.611. The molecule has 11 heteroatoms. The molecule has 1 aliphatic heterocycles. The number of amides is 2. The first-order chi connectivity index (χ1) is 13.9. The molecular formula is C18H19N5O5S. The molecule has 2 N–H and O–H groups in total. The van der Waals surface area contributed by atoms with Gasteiger partial charge < -0.3 is 20.1 Å². The predicted octanol–water partition coefficient (Wildman–Crippen LogP) is 1.58. The smallest absolute Gasteiger partial charge is 0.350 e. The SMILES string of the molecule is CCOC(=O)C1=C(COC(=O)c2sc(-c3ncccn3)nc2C)NC(=O)NC1C. The molecule has 3 heterocycles. The molecular weight excluding hydrogens is 398 g/mol. The van der Waals surface area contributed by atoms with E-state index in [0.29, 0.717) is 21.4 Å². The topological polar surface area (TPSA) is 132 Å². The first-order valence-electron chi connectivity index (χ1n) is 8.80. The number of aryl methyl sites for hydroxylation is 1. The number of nitrogens with one attached hydrogen (secondary N) is 2. The van der Waals surface area contributed by atoms with E-state index in [2.05, 4.69) is 25.6 Å². The third-order valence-electron chi connectivity index (χ3n) is 3.95. The molecule has 0 radical (unpaired) electrons. The van der Waals surface area contributed by atoms with Gasteiger partial charge in [0.25, 0.3) is 0 Å². The van der Waals surface area contributed by atoms with Crippen LogP contribution in [0.25, 0.3) is 10.8 Å². The largest absolute Gasteiger partial charge is 0.463 e. The standard InChI is InChI=1S/C18H19N5O5S/c1-4-27-16(24)12-9(2)22-18(26)23-11(12)8-28-17(25)13-10(3)21-15(29-13)14-19-6-5-7-20-14/h5-7,9H,4,8H2,1-3H3,(H2,22,23,26). The molecule has 10 nitrogen and oxygen atoms in total. The summed E-state index contributed by atoms with van der Waals surface area (Å²) in [5, 5.41) is 5.58. The van der Waals surface area contributed by atoms with E-state index in [0.717, 1.165) is 11.3 Å². The Morgan fingerprint density at radius 3 is 2.62 bits per heavy atom. The Labute approximate surface area is 170 Å². The van der Waals surface area contributed by atoms with Crippen LogP contribution in [0.1, 0.15) is 29.2 Å². The van der Waals surface area contributed by atoms with Crippen molar-refractivity contribution in [3.05, 3.63) is 40.3 Å². The van der Waals surface area contributed by atoms with Crippen LogP contribution in [-0.4, -0.2) is 52.2 Å². The van der Waals surface area contributed by atoms with Crippen molar-refractivity contribution < 1.29 is 23.9 Å². The highest BCUT2D eigenvalue weighted by Gasteiger charge is 2.30. The number of urea groups is 1. The lowest BCUT2D eigenvalue weighted by molar-refractivity contribution is -0.139. The maximum absolute atomic E-state index is 12.6. The van der Waals surface area contributed by atoms with Gasteiger partial charge in [-0.3, -0.25) is 0 Å². The van der Waals surface area contributed by atoms with Gasteiger partial charge in [-0.15, -0.1) is 11.3 Å². The number of nitrogens with zero attached hydrogens (tertiary/aromatic N) is 3. The summed E-state index contributed by atoms with van der Waals surface area (Å²) in [6.07, 6.45) is 3.17. The van der Waals surface area contributed by atoms with Crippen LogP contribution >= 0.6 is 11.3 Å². The van der Waals surface area contributed by atoms with Crippen molar-refractivity contribution in [2.75, 3.05) is 13.2 Å². The zero-order valence-electron chi connectivity index (χ0n) is 16.0. The van der Waals surface area contributed by atoms with Crippen molar-refractivity contribution >= 4 is 29.3 Å². The van der Waals surface area contributed by atoms with Gasteiger partial charge in [-0.05, 0) is 26.8 Å². The van der Waals surface area contributed by atoms with E-state index >= 15 is 0 Å². The normalized spacial score (nSPS) is 16.1. The van der Waals surface area contributed by atoms with E-state index in [1.807, 2.05) is 0 Å². The molecule has 1 atom stereocenters. The van der Waals surface area contributed by atoms with E-state index in [4.69, 9.17) is 9.47 Å². The molecule has 2 aromatic rings. The highest BCUT2D eigenvalue weighted by atomic mass is 32.1. The van der Waals surface area contributed by atoms with E-state index < -0.39 is 24.0 Å². The Morgan fingerprint density at radius 2 is 1.93 bits per heavy atom. The average molecular weight is 417 g/mol. The number of carbonyl (C=O) groups excluding carboxylic acids is 3. The molecule has 0 saturated carbocycles. The van der Waals surface area contributed by atoms with E-state index in [9.17, 15) is 14.4 Å². The van der Waals surface area contributed by atoms with Crippen LogP contribution in [0.5, 0.6) is 0 Å². The van der Waals surface area contributed by atoms with E-state index in [1.165, 1.54) is 0 Å². The Hall–Kier alpha value is -3.34. The second kappa shape index (κ2) is 8.78. The van der Waals surface area contributed by atoms with Crippen LogP contribution < -0.4 is 10.6 Å². The fourth-order valence-electron chi connectivity index (χ4n) is 2.69. The Bertz CT molecular complexity index is 972. The van der Waals surface area contributed by atoms with Gasteiger partial charge >= 0.3 is 18.0 Å². The maximum Gasteiger partial charge on any atom is 0.350 e. The highest BCUT2D eigenvalue weighted by molar-refractivity contribution is 7.16. The minimum Gasteiger partial charge on any atom is -0.463 e. The Balaban J connectivity index is 1.78. The van der Waals surface area contributed by atoms with Crippen LogP contribution in [0.3, 0.4) is 0 Å². The van der Waals surface area contributed by atoms with Crippen LogP contribution in [0.4, 0.5) is 4.79 Å². The van der Waals surface area contributed by atoms with Crippen molar-refractivity contribution in [3.63, 3.8) is 0 Å². The fourth-order valence-corrected chi connectivity index (χ4v) is 3.60. The molecule has 1 aliphatic rings. The molecule has 2 amide bonds. The van der Waals surface area contributed by atoms with Gasteiger partial charge in [0, 0.05) is 12.4 Å². The van der Waals surface area contributed by atoms with Crippen molar-refractivity contribution in [3.8, 4) is 10.8 Å². The van der Waals surface area contributed by atoms with Gasteiger partial charge in [-0.1, -0.05) is 0 Å². The number of thiazole rings is 1. The summed E-state index contributed by atoms with van der Waals surface area (Å²) < 4.78 is 10.4. The molecule has 0 fully saturated rings. The van der Waals surface area contributed by atoms with Gasteiger partial charge in [0.1, 0.15) is 11.5 Å². The highest BCUT2D eigenvalue weighted by Crippen LogP contribution is 2.26. The predicted molar refractivity (Wildman–Crippen MR) is 103 cm³/mol. The second-order valence-electron chi connectivity index (χ2n) is 6.01. The number of esters is 2. The molecule has 3 rings (SSSR count). The van der Waals surface area contributed by atoms with Crippen molar-refractivity contribution in [2.24, 2.45) is 0 Å². The van der Waals surface area contributed by atoms with Gasteiger partial charge in [0.2, 0.25) is 0 Å². The molecule has 0 aromatic carbocycles. The molecule has 0 aliphatic carbocycles. The summed E-state index contributed by atoms with van der Waals surface area (Å²) in [5.74, 6) is -0.805. The van der Waals surface area contributed by atoms with Crippen molar-refractivity contribution in [2.45, 2.75) is 26.8 Å². The third kappa shape index (κ3) is 4.57. The zero-order valence-corrected chi connectivity index (χ0v) is 16.8. The molecule has 29 heavy (non-hydrogen) atoms. The molecule has 0 spiro atoms. The Morgan fingerprint density at radius 1 is 1.21 bits per heavy atom. The average Bonchev–Trinajstić information content (AvgIpc) is 3.08. The number of hydrogen-bond acceptors (Lipinski definition) is 9. The summed E-state index contributed by atoms with van der Waals surface area (Å²) >= 11 is 1.11. The number of rotatable bonds is 6. The summed E-state index contributed by atoms with van der Waals surface area (Å²) in [4.78, 5) is 49.4. The number of hydrogen-bond donors (Lipinski definition) is 2. The number of carbonyl (C=O) groups is 3. The van der Waals surface area contributed by atoms with Crippen LogP contribution in [-0.2, 0) is 14.3 Å². The summed E-state index contributed by atoms with van der Waals surface area (Å²) in [6.45, 7) is 4.89. The van der Waals surface area contributed by atoms with Crippen LogP contribution in [0, 0.1) is 6.92 Å². The monoisotopic (exact) mass is 417 g/mol. The first kappa shape index (κ1) is 20.4. The molecule has 0 bridgehead atoms. The maximum atomic E-state index is 12.6. The van der Waals surface area contributed by atoms with Gasteiger partial charge in [-0.2, -0.15) is 0 Å². The molecule has 2 aromatic heterocycles. The van der Waals surface area contributed by atoms with Crippen LogP contribution in [0.2, 0.25) is 0 Å². The lowest BCUT2D eigenvalue weighted by atomic mass is 10.0. The molecule has 152 valence electrons. The number of ether oxygens (including phenoxy) is 2. The fraction of sp³-hybridized carbons (Fsp3) is 0.333. The first-order valence-corrected chi connectivity index (χ1v) is 9.62. The van der Waals surface area contributed by atoms with Crippen molar-refractivity contribution in [1.29, 1.82) is 0 Å². The second-order valence-corrected chi connectivity index (χ2v) is 7.01. The number of aromatic nitrogens is 3. The lowest BCUT2D eigenvalue weighted by Crippen LogP contribution is -2.50. The summed E-state index contributed by atoms with van der Waals surface area (Å²) in [5.41, 5.74) is 0.866. The van der Waals surface area contributed by atoms with Gasteiger partial charge in [-0.25, -0.2) is 29.3 Å². The van der Waals surface area contributed by atoms with Crippen molar-refractivity contribution in [1.82, 2.24) is 25.6 Å². The van der Waals surface area contributed by atoms with Crippen LogP contribution in [0.15, 0.2) is 29.7 Å². The molecule has 1 unspecified atom stereocenters. The minimum absolute atomic E-state index is 0.181. The lowest BCUT2D eigenvalue weighted by Gasteiger charge is -2.26. The minimum atomic E-state index is -0.627. The van der Waals surface area contributed by atoms with E-state index in [-0.39, 0.29) is 24.5 Å². The van der Waals surface area contributed by atoms with Gasteiger partial charge in [0.15, 0.2) is 10.8 Å². The van der Waals surface area contributed by atoms with E-state index in [1.54, 1.807) is 39.2 Å². The molecule has 0 saturated heterocycles. The Kier molecular flexibility index (Phi) is 6.17. The third-order valence-corrected chi connectivity index (χ3v) is 5.09. The quantitative estimate of drug-likeness (QED) is 0.677.